The average Bonchev–Trinajstić information content (AvgIpc) is 2.76. The molecule has 0 aliphatic carbocycles. The summed E-state index contributed by atoms with van der Waals surface area (Å²) in [4.78, 5) is 12.3. The lowest BCUT2D eigenvalue weighted by Gasteiger charge is -2.07. The lowest BCUT2D eigenvalue weighted by molar-refractivity contribution is 0.0973. The van der Waals surface area contributed by atoms with E-state index in [0.717, 1.165) is 16.6 Å². The molecular weight excluding hydrogens is 253 g/mol. The smallest absolute Gasteiger partial charge is 0.182 e. The standard InChI is InChI=1S/C17H14FNO/c1-12-10-14-4-2-3-5-16(14)19(12)11-17(20)13-6-8-15(18)9-7-13/h2-10H,11H2,1H3. The molecule has 0 saturated heterocycles. The Morgan fingerprint density at radius 1 is 1.10 bits per heavy atom. The number of Topliss-reactive ketones (excluding diaryl/α,β-unsaturated/α-hetero) is 1. The van der Waals surface area contributed by atoms with Crippen LogP contribution in [-0.4, -0.2) is 10.4 Å². The normalized spacial score (nSPS) is 10.9. The Morgan fingerprint density at radius 2 is 1.80 bits per heavy atom. The summed E-state index contributed by atoms with van der Waals surface area (Å²) in [6.07, 6.45) is 0. The van der Waals surface area contributed by atoms with Crippen molar-refractivity contribution < 1.29 is 9.18 Å². The molecule has 2 nitrogen and oxygen atoms in total. The fourth-order valence-corrected chi connectivity index (χ4v) is 2.43. The average molecular weight is 267 g/mol. The molecule has 0 saturated carbocycles. The van der Waals surface area contributed by atoms with Gasteiger partial charge >= 0.3 is 0 Å². The van der Waals surface area contributed by atoms with Gasteiger partial charge in [-0.3, -0.25) is 4.79 Å². The van der Waals surface area contributed by atoms with Crippen LogP contribution in [0.2, 0.25) is 0 Å². The molecule has 0 aliphatic heterocycles. The van der Waals surface area contributed by atoms with Crippen molar-refractivity contribution in [1.29, 1.82) is 0 Å². The SMILES string of the molecule is Cc1cc2ccccc2n1CC(=O)c1ccc(F)cc1. The Bertz CT molecular complexity index is 771. The van der Waals surface area contributed by atoms with Gasteiger partial charge in [0, 0.05) is 16.8 Å². The molecule has 3 rings (SSSR count). The lowest BCUT2D eigenvalue weighted by atomic mass is 10.1. The number of hydrogen-bond donors (Lipinski definition) is 0. The zero-order valence-corrected chi connectivity index (χ0v) is 11.1. The van der Waals surface area contributed by atoms with Crippen molar-refractivity contribution in [2.75, 3.05) is 0 Å². The monoisotopic (exact) mass is 267 g/mol. The van der Waals surface area contributed by atoms with E-state index < -0.39 is 0 Å². The molecule has 0 unspecified atom stereocenters. The molecule has 1 aromatic heterocycles. The van der Waals surface area contributed by atoms with Crippen LogP contribution < -0.4 is 0 Å². The molecule has 3 aromatic rings. The molecule has 3 heteroatoms. The molecule has 0 aliphatic rings. The maximum absolute atomic E-state index is 12.9. The zero-order valence-electron chi connectivity index (χ0n) is 11.1. The number of para-hydroxylation sites is 1. The van der Waals surface area contributed by atoms with Gasteiger partial charge in [0.2, 0.25) is 0 Å². The molecule has 0 radical (unpaired) electrons. The minimum atomic E-state index is -0.329. The van der Waals surface area contributed by atoms with E-state index in [2.05, 4.69) is 6.07 Å². The minimum Gasteiger partial charge on any atom is -0.337 e. The highest BCUT2D eigenvalue weighted by Gasteiger charge is 2.11. The molecular formula is C17H14FNO. The highest BCUT2D eigenvalue weighted by Crippen LogP contribution is 2.19. The van der Waals surface area contributed by atoms with Crippen LogP contribution in [0.3, 0.4) is 0 Å². The largest absolute Gasteiger partial charge is 0.337 e. The van der Waals surface area contributed by atoms with Crippen LogP contribution in [-0.2, 0) is 6.54 Å². The van der Waals surface area contributed by atoms with E-state index in [4.69, 9.17) is 0 Å². The summed E-state index contributed by atoms with van der Waals surface area (Å²) >= 11 is 0. The molecule has 0 spiro atoms. The van der Waals surface area contributed by atoms with Gasteiger partial charge in [-0.1, -0.05) is 18.2 Å². The van der Waals surface area contributed by atoms with Crippen molar-refractivity contribution in [3.8, 4) is 0 Å². The number of aryl methyl sites for hydroxylation is 1. The molecule has 20 heavy (non-hydrogen) atoms. The van der Waals surface area contributed by atoms with Crippen molar-refractivity contribution in [2.45, 2.75) is 13.5 Å². The van der Waals surface area contributed by atoms with E-state index in [1.54, 1.807) is 0 Å². The van der Waals surface area contributed by atoms with Crippen molar-refractivity contribution >= 4 is 16.7 Å². The molecule has 0 fully saturated rings. The van der Waals surface area contributed by atoms with Crippen molar-refractivity contribution in [3.05, 3.63) is 71.7 Å². The Balaban J connectivity index is 1.95. The van der Waals surface area contributed by atoms with Crippen molar-refractivity contribution in [1.82, 2.24) is 4.57 Å². The van der Waals surface area contributed by atoms with Crippen LogP contribution in [0.15, 0.2) is 54.6 Å². The number of ketones is 1. The van der Waals surface area contributed by atoms with E-state index >= 15 is 0 Å². The highest BCUT2D eigenvalue weighted by molar-refractivity contribution is 5.97. The number of carbonyl (C=O) groups excluding carboxylic acids is 1. The quantitative estimate of drug-likeness (QED) is 0.658. The first-order valence-corrected chi connectivity index (χ1v) is 6.49. The van der Waals surface area contributed by atoms with Gasteiger partial charge in [-0.05, 0) is 48.7 Å². The van der Waals surface area contributed by atoms with Gasteiger partial charge in [0.1, 0.15) is 5.82 Å². The van der Waals surface area contributed by atoms with Crippen LogP contribution in [0.5, 0.6) is 0 Å². The lowest BCUT2D eigenvalue weighted by Crippen LogP contribution is -2.11. The first-order valence-electron chi connectivity index (χ1n) is 6.49. The topological polar surface area (TPSA) is 22.0 Å². The number of nitrogens with zero attached hydrogens (tertiary/aromatic N) is 1. The third kappa shape index (κ3) is 2.23. The number of aromatic nitrogens is 1. The molecule has 100 valence electrons. The van der Waals surface area contributed by atoms with E-state index in [0.29, 0.717) is 5.56 Å². The van der Waals surface area contributed by atoms with Gasteiger partial charge in [0.15, 0.2) is 5.78 Å². The zero-order chi connectivity index (χ0) is 14.1. The van der Waals surface area contributed by atoms with Crippen LogP contribution in [0.1, 0.15) is 16.1 Å². The van der Waals surface area contributed by atoms with Crippen LogP contribution in [0.4, 0.5) is 4.39 Å². The van der Waals surface area contributed by atoms with Gasteiger partial charge < -0.3 is 4.57 Å². The van der Waals surface area contributed by atoms with E-state index in [1.807, 2.05) is 35.8 Å². The highest BCUT2D eigenvalue weighted by atomic mass is 19.1. The molecule has 2 aromatic carbocycles. The number of halogens is 1. The fourth-order valence-electron chi connectivity index (χ4n) is 2.43. The summed E-state index contributed by atoms with van der Waals surface area (Å²) < 4.78 is 14.9. The minimum absolute atomic E-state index is 0.0190. The van der Waals surface area contributed by atoms with Crippen LogP contribution in [0.25, 0.3) is 10.9 Å². The number of benzene rings is 2. The summed E-state index contributed by atoms with van der Waals surface area (Å²) in [5.41, 5.74) is 2.62. The Morgan fingerprint density at radius 3 is 2.55 bits per heavy atom. The van der Waals surface area contributed by atoms with E-state index in [1.165, 1.54) is 24.3 Å². The summed E-state index contributed by atoms with van der Waals surface area (Å²) in [5.74, 6) is -0.349. The fraction of sp³-hybridized carbons (Fsp3) is 0.118. The van der Waals surface area contributed by atoms with Gasteiger partial charge in [-0.25, -0.2) is 4.39 Å². The third-order valence-electron chi connectivity index (χ3n) is 3.49. The molecule has 1 heterocycles. The number of fused-ring (bicyclic) bond motifs is 1. The predicted octanol–water partition coefficient (Wildman–Crippen LogP) is 3.97. The Kier molecular flexibility index (Phi) is 3.11. The second-order valence-corrected chi connectivity index (χ2v) is 4.86. The molecule has 0 bridgehead atoms. The van der Waals surface area contributed by atoms with E-state index in [-0.39, 0.29) is 18.1 Å². The summed E-state index contributed by atoms with van der Waals surface area (Å²) in [7, 11) is 0. The summed E-state index contributed by atoms with van der Waals surface area (Å²) in [6, 6.07) is 15.7. The van der Waals surface area contributed by atoms with Crippen molar-refractivity contribution in [3.63, 3.8) is 0 Å². The second-order valence-electron chi connectivity index (χ2n) is 4.86. The maximum Gasteiger partial charge on any atom is 0.182 e. The Hall–Kier alpha value is -2.42. The molecule has 0 atom stereocenters. The number of rotatable bonds is 3. The van der Waals surface area contributed by atoms with Crippen LogP contribution in [0, 0.1) is 12.7 Å². The summed E-state index contributed by atoms with van der Waals surface area (Å²) in [6.45, 7) is 2.25. The van der Waals surface area contributed by atoms with Gasteiger partial charge in [-0.15, -0.1) is 0 Å². The van der Waals surface area contributed by atoms with Gasteiger partial charge in [0.05, 0.1) is 6.54 Å². The second kappa shape index (κ2) is 4.93. The van der Waals surface area contributed by atoms with Gasteiger partial charge in [-0.2, -0.15) is 0 Å². The van der Waals surface area contributed by atoms with Crippen LogP contribution >= 0.6 is 0 Å². The first-order chi connectivity index (χ1) is 9.65. The maximum atomic E-state index is 12.9. The molecule has 0 N–H and O–H groups in total. The summed E-state index contributed by atoms with van der Waals surface area (Å²) in [5, 5.41) is 1.12. The van der Waals surface area contributed by atoms with Crippen molar-refractivity contribution in [2.24, 2.45) is 0 Å². The third-order valence-corrected chi connectivity index (χ3v) is 3.49. The Labute approximate surface area is 116 Å². The number of hydrogen-bond acceptors (Lipinski definition) is 1. The van der Waals surface area contributed by atoms with Gasteiger partial charge in [0.25, 0.3) is 0 Å². The molecule has 0 amide bonds. The number of carbonyl (C=O) groups is 1. The predicted molar refractivity (Wildman–Crippen MR) is 77.4 cm³/mol. The van der Waals surface area contributed by atoms with E-state index in [9.17, 15) is 9.18 Å². The first kappa shape index (κ1) is 12.6.